The Kier molecular flexibility index (Phi) is 34.7. The number of benzene rings is 6. The molecule has 4 aliphatic rings. The van der Waals surface area contributed by atoms with Gasteiger partial charge in [-0.1, -0.05) is 233 Å². The van der Waals surface area contributed by atoms with Crippen LogP contribution in [-0.2, 0) is 31.4 Å². The van der Waals surface area contributed by atoms with Gasteiger partial charge >= 0.3 is 0 Å². The number of piperidine rings is 1. The van der Waals surface area contributed by atoms with E-state index < -0.39 is 0 Å². The van der Waals surface area contributed by atoms with Crippen LogP contribution in [0, 0.1) is 0 Å². The first-order valence-corrected chi connectivity index (χ1v) is 46.5. The minimum atomic E-state index is -0.263. The molecule has 1 atom stereocenters. The molecule has 138 heavy (non-hydrogen) atoms. The molecule has 7 N–H and O–H groups in total. The van der Waals surface area contributed by atoms with Crippen LogP contribution in [0.15, 0.2) is 305 Å². The Morgan fingerprint density at radius 2 is 0.826 bits per heavy atom. The van der Waals surface area contributed by atoms with Crippen LogP contribution in [-0.4, -0.2) is 176 Å². The Balaban J connectivity index is 0.000000126. The van der Waals surface area contributed by atoms with Crippen LogP contribution in [0.4, 0.5) is 0 Å². The number of carbonyl (C=O) groups is 6. The Labute approximate surface area is 796 Å². The third-order valence-corrected chi connectivity index (χ3v) is 23.5. The number of aliphatic hydroxyl groups excluding tert-OH is 1. The van der Waals surface area contributed by atoms with Gasteiger partial charge in [-0.05, 0) is 114 Å². The molecule has 6 amide bonds. The molecule has 6 aromatic carbocycles. The number of aliphatic hydroxyl groups is 1. The minimum Gasteiger partial charge on any atom is -0.425 e. The lowest BCUT2D eigenvalue weighted by molar-refractivity contribution is 0.0826. The number of likely N-dealkylation sites (tertiary alicyclic amines) is 1. The third kappa shape index (κ3) is 27.7. The van der Waals surface area contributed by atoms with Crippen LogP contribution in [0.3, 0.4) is 0 Å². The van der Waals surface area contributed by atoms with Gasteiger partial charge in [-0.15, -0.1) is 10.2 Å². The van der Waals surface area contributed by atoms with Crippen LogP contribution >= 0.6 is 0 Å². The fourth-order valence-corrected chi connectivity index (χ4v) is 15.6. The second-order valence-electron chi connectivity index (χ2n) is 33.9. The first-order chi connectivity index (χ1) is 67.6. The molecule has 2 saturated heterocycles. The average Bonchev–Trinajstić information content (AvgIpc) is 1.71. The molecule has 4 fully saturated rings. The van der Waals surface area contributed by atoms with Gasteiger partial charge in [-0.2, -0.15) is 5.10 Å². The first kappa shape index (κ1) is 96.8. The summed E-state index contributed by atoms with van der Waals surface area (Å²) in [6.07, 6.45) is 19.5. The number of rotatable bonds is 31. The molecule has 0 spiro atoms. The van der Waals surface area contributed by atoms with Crippen molar-refractivity contribution in [3.63, 3.8) is 0 Å². The van der Waals surface area contributed by atoms with E-state index in [1.807, 2.05) is 244 Å². The summed E-state index contributed by atoms with van der Waals surface area (Å²) < 4.78 is 48.0. The molecule has 1 unspecified atom stereocenters. The maximum atomic E-state index is 12.3. The summed E-state index contributed by atoms with van der Waals surface area (Å²) in [5.74, 6) is 1.68. The minimum absolute atomic E-state index is 0.0339. The van der Waals surface area contributed by atoms with E-state index in [0.717, 1.165) is 130 Å². The van der Waals surface area contributed by atoms with Gasteiger partial charge in [-0.3, -0.25) is 33.4 Å². The lowest BCUT2D eigenvalue weighted by atomic mass is 9.80. The van der Waals surface area contributed by atoms with Crippen molar-refractivity contribution in [1.82, 2.24) is 96.9 Å². The topological polar surface area (TPSA) is 430 Å². The van der Waals surface area contributed by atoms with Gasteiger partial charge in [0.25, 0.3) is 35.4 Å². The van der Waals surface area contributed by atoms with Gasteiger partial charge in [0.1, 0.15) is 34.2 Å². The second-order valence-corrected chi connectivity index (χ2v) is 33.9. The van der Waals surface area contributed by atoms with E-state index in [1.54, 1.807) is 48.7 Å². The summed E-state index contributed by atoms with van der Waals surface area (Å²) in [6.45, 7) is 11.2. The van der Waals surface area contributed by atoms with Crippen molar-refractivity contribution in [2.45, 2.75) is 140 Å². The quantitative estimate of drug-likeness (QED) is 0.0198. The van der Waals surface area contributed by atoms with Crippen LogP contribution in [0.25, 0.3) is 67.5 Å². The van der Waals surface area contributed by atoms with Gasteiger partial charge in [0.05, 0.1) is 24.4 Å². The number of hydrogen-bond acceptors (Lipinski definition) is 25. The summed E-state index contributed by atoms with van der Waals surface area (Å²) in [4.78, 5) is 75.1. The molecular formula is C104H111N19O15. The predicted octanol–water partition coefficient (Wildman–Crippen LogP) is 16.5. The van der Waals surface area contributed by atoms with E-state index in [4.69, 9.17) is 36.3 Å². The van der Waals surface area contributed by atoms with Gasteiger partial charge < -0.3 is 87.3 Å². The van der Waals surface area contributed by atoms with Crippen molar-refractivity contribution in [3.8, 4) is 67.5 Å². The number of aromatic nitrogens is 12. The number of amides is 6. The van der Waals surface area contributed by atoms with E-state index in [9.17, 15) is 33.9 Å². The fourth-order valence-electron chi connectivity index (χ4n) is 15.6. The Morgan fingerprint density at radius 1 is 0.420 bits per heavy atom. The van der Waals surface area contributed by atoms with Gasteiger partial charge in [0.2, 0.25) is 46.3 Å². The Hall–Kier alpha value is -15.8. The maximum absolute atomic E-state index is 12.3. The molecule has 0 radical (unpaired) electrons. The third-order valence-electron chi connectivity index (χ3n) is 23.5. The molecule has 2 aliphatic carbocycles. The number of aryl methyl sites for hydroxylation is 3. The van der Waals surface area contributed by atoms with Crippen molar-refractivity contribution in [3.05, 3.63) is 331 Å². The van der Waals surface area contributed by atoms with E-state index in [2.05, 4.69) is 98.2 Å². The maximum Gasteiger partial charge on any atom is 0.290 e. The lowest BCUT2D eigenvalue weighted by Crippen LogP contribution is -2.45. The normalized spacial score (nSPS) is 15.7. The van der Waals surface area contributed by atoms with Gasteiger partial charge in [-0.25, -0.2) is 0 Å². The van der Waals surface area contributed by atoms with Crippen LogP contribution < -0.4 is 31.9 Å². The summed E-state index contributed by atoms with van der Waals surface area (Å²) in [5.41, 5.74) is 11.6. The number of nitrogens with one attached hydrogen (secondary N) is 6. The number of carbonyl (C=O) groups excluding carboxylic acids is 6. The SMILES string of the molecule is CC(C)c1nnc(C2CC(NC(=O)c3cc(-c4ccccc4)no3)C2)o1.Cn1cccc1CCCNC(=O)c1cc(-c2ccccc2)no1.O=C(NC1CC(n2nccc2CO)C1)c1cc(-c2ccccc2)no1.O=C(NCC1CCCO1)c1cc(-c2ccccc2)no1.O=C(NCCCn1cccc1)c1cc(-c2ccccc2)no1.O=C(NCCN1CCCCC1)c1cc(-c2ccccc2)no1. The lowest BCUT2D eigenvalue weighted by Gasteiger charge is -2.36. The monoisotopic (exact) mass is 1870 g/mol. The van der Waals surface area contributed by atoms with E-state index in [1.165, 1.54) is 25.0 Å². The average molecular weight is 1870 g/mol. The number of ether oxygens (including phenoxy) is 1. The molecular weight excluding hydrogens is 1760 g/mol. The summed E-state index contributed by atoms with van der Waals surface area (Å²) >= 11 is 0. The molecule has 10 aromatic heterocycles. The highest BCUT2D eigenvalue weighted by atomic mass is 16.5. The van der Waals surface area contributed by atoms with Gasteiger partial charge in [0.15, 0.2) is 0 Å². The van der Waals surface area contributed by atoms with E-state index in [0.29, 0.717) is 72.1 Å². The van der Waals surface area contributed by atoms with Crippen molar-refractivity contribution >= 4 is 35.4 Å². The molecule has 16 aromatic rings. The molecule has 34 nitrogen and oxygen atoms in total. The van der Waals surface area contributed by atoms with Crippen LogP contribution in [0.1, 0.15) is 189 Å². The highest BCUT2D eigenvalue weighted by Gasteiger charge is 2.37. The van der Waals surface area contributed by atoms with E-state index >= 15 is 0 Å². The zero-order valence-corrected chi connectivity index (χ0v) is 77.0. The highest BCUT2D eigenvalue weighted by Crippen LogP contribution is 2.38. The highest BCUT2D eigenvalue weighted by molar-refractivity contribution is 5.95. The molecule has 0 bridgehead atoms. The van der Waals surface area contributed by atoms with Crippen LogP contribution in [0.2, 0.25) is 0 Å². The standard InChI is InChI=1S/C19H20N4O3.C18H18N4O3.C18H19N3O2.C17H21N3O2.C17H17N3O2.C15H16N2O3/c1-11(2)18-21-22-19(25-18)13-8-14(9-13)20-17(24)16-10-15(23-26-16)12-6-4-3-5-7-12;23-11-14-6-7-19-22(14)15-8-13(9-15)20-18(24)17-10-16(21-25-17)12-4-2-1-3-5-12;1-21-12-6-10-15(21)9-5-11-19-18(22)17-13-16(20-23-17)14-7-3-2-4-8-14;21-17(18-9-12-20-10-5-2-6-11-20)16-13-15(19-22-16)14-7-3-1-4-8-14;21-17(18-9-6-12-20-10-4-5-11-20)16-13-15(19-22-16)14-7-2-1-3-8-14;18-15(16-10-12-7-4-8-19-12)14-9-13(17-20-14)11-5-2-1-3-6-11/h3-7,10-11,13-14H,8-9H2,1-2H3,(H,20,24);1-7,10,13,15,23H,8-9,11H2,(H,20,24);2-4,6-8,10,12-13H,5,9,11H2,1H3,(H,19,22);1,3-4,7-8,13H,2,5-6,9-12H2,(H,18,21);1-5,7-8,10-11,13H,6,9,12H2,(H,18,21);1-3,5-6,9,12H,4,7-8,10H2,(H,16,18). The van der Waals surface area contributed by atoms with Crippen molar-refractivity contribution < 1.29 is 70.2 Å². The smallest absolute Gasteiger partial charge is 0.290 e. The van der Waals surface area contributed by atoms with Crippen molar-refractivity contribution in [2.24, 2.45) is 7.05 Å². The number of hydrogen-bond donors (Lipinski definition) is 7. The second kappa shape index (κ2) is 49.4. The number of nitrogens with zero attached hydrogens (tertiary/aromatic N) is 13. The van der Waals surface area contributed by atoms with Gasteiger partial charge in [0, 0.05) is 177 Å². The predicted molar refractivity (Wildman–Crippen MR) is 512 cm³/mol. The molecule has 12 heterocycles. The summed E-state index contributed by atoms with van der Waals surface area (Å²) in [6, 6.07) is 78.0. The molecule has 20 rings (SSSR count). The first-order valence-electron chi connectivity index (χ1n) is 46.5. The largest absolute Gasteiger partial charge is 0.425 e. The van der Waals surface area contributed by atoms with Crippen molar-refractivity contribution in [1.29, 1.82) is 0 Å². The molecule has 712 valence electrons. The fraction of sp³-hybridized carbons (Fsp3) is 0.298. The molecule has 2 saturated carbocycles. The van der Waals surface area contributed by atoms with E-state index in [-0.39, 0.29) is 113 Å². The Bertz CT molecular complexity index is 6420. The zero-order chi connectivity index (χ0) is 95.6. The Morgan fingerprint density at radius 3 is 1.22 bits per heavy atom. The summed E-state index contributed by atoms with van der Waals surface area (Å²) in [5, 5.41) is 62.7. The van der Waals surface area contributed by atoms with Crippen molar-refractivity contribution in [2.75, 3.05) is 52.4 Å². The molecule has 2 aliphatic heterocycles. The molecule has 34 heteroatoms. The van der Waals surface area contributed by atoms with Crippen LogP contribution in [0.5, 0.6) is 0 Å². The summed E-state index contributed by atoms with van der Waals surface area (Å²) in [7, 11) is 2.02. The zero-order valence-electron chi connectivity index (χ0n) is 77.0.